The predicted octanol–water partition coefficient (Wildman–Crippen LogP) is 1.32. The van der Waals surface area contributed by atoms with Gasteiger partial charge in [0.25, 0.3) is 5.91 Å². The lowest BCUT2D eigenvalue weighted by molar-refractivity contribution is -0.143. The van der Waals surface area contributed by atoms with E-state index in [4.69, 9.17) is 4.74 Å². The summed E-state index contributed by atoms with van der Waals surface area (Å²) in [6.45, 7) is 7.22. The number of amides is 1. The fourth-order valence-electron chi connectivity index (χ4n) is 2.50. The lowest BCUT2D eigenvalue weighted by atomic mass is 10.1. The second kappa shape index (κ2) is 6.81. The molecule has 110 valence electrons. The number of carbonyl (C=O) groups excluding carboxylic acids is 1. The number of hydrogen-bond acceptors (Lipinski definition) is 4. The van der Waals surface area contributed by atoms with E-state index in [1.54, 1.807) is 14.0 Å². The molecule has 1 saturated heterocycles. The Kier molecular flexibility index (Phi) is 5.09. The molecule has 1 aliphatic heterocycles. The van der Waals surface area contributed by atoms with Crippen molar-refractivity contribution in [3.63, 3.8) is 0 Å². The Labute approximate surface area is 120 Å². The van der Waals surface area contributed by atoms with Crippen molar-refractivity contribution in [2.45, 2.75) is 26.0 Å². The quantitative estimate of drug-likeness (QED) is 0.833. The van der Waals surface area contributed by atoms with Gasteiger partial charge >= 0.3 is 0 Å². The average molecular weight is 277 g/mol. The predicted molar refractivity (Wildman–Crippen MR) is 77.3 cm³/mol. The molecule has 1 fully saturated rings. The summed E-state index contributed by atoms with van der Waals surface area (Å²) in [5, 5.41) is 0. The number of methoxy groups -OCH3 is 1. The van der Waals surface area contributed by atoms with Gasteiger partial charge in [-0.1, -0.05) is 6.07 Å². The van der Waals surface area contributed by atoms with Crippen LogP contribution in [0.15, 0.2) is 24.4 Å². The van der Waals surface area contributed by atoms with Gasteiger partial charge in [0.05, 0.1) is 5.69 Å². The third-order valence-electron chi connectivity index (χ3n) is 3.99. The number of nitrogens with zero attached hydrogens (tertiary/aromatic N) is 3. The van der Waals surface area contributed by atoms with E-state index >= 15 is 0 Å². The van der Waals surface area contributed by atoms with E-state index in [1.165, 1.54) is 0 Å². The van der Waals surface area contributed by atoms with Crippen LogP contribution in [0.1, 0.15) is 25.6 Å². The fraction of sp³-hybridized carbons (Fsp3) is 0.600. The van der Waals surface area contributed by atoms with Gasteiger partial charge in [-0.3, -0.25) is 14.7 Å². The Morgan fingerprint density at radius 2 is 1.95 bits per heavy atom. The molecule has 1 aliphatic rings. The van der Waals surface area contributed by atoms with E-state index in [0.717, 1.165) is 31.9 Å². The molecule has 20 heavy (non-hydrogen) atoms. The van der Waals surface area contributed by atoms with Crippen LogP contribution in [0.2, 0.25) is 0 Å². The van der Waals surface area contributed by atoms with Crippen LogP contribution in [0.4, 0.5) is 0 Å². The summed E-state index contributed by atoms with van der Waals surface area (Å²) in [5.74, 6) is 0.0811. The Morgan fingerprint density at radius 3 is 2.50 bits per heavy atom. The molecule has 1 aromatic rings. The van der Waals surface area contributed by atoms with Gasteiger partial charge in [-0.15, -0.1) is 0 Å². The van der Waals surface area contributed by atoms with Crippen LogP contribution in [0, 0.1) is 0 Å². The van der Waals surface area contributed by atoms with Crippen LogP contribution >= 0.6 is 0 Å². The highest BCUT2D eigenvalue weighted by atomic mass is 16.5. The van der Waals surface area contributed by atoms with Gasteiger partial charge in [-0.2, -0.15) is 0 Å². The summed E-state index contributed by atoms with van der Waals surface area (Å²) >= 11 is 0. The molecule has 0 N–H and O–H groups in total. The summed E-state index contributed by atoms with van der Waals surface area (Å²) in [6, 6.07) is 6.28. The van der Waals surface area contributed by atoms with Gasteiger partial charge in [0, 0.05) is 45.5 Å². The lowest BCUT2D eigenvalue weighted by Gasteiger charge is -2.38. The monoisotopic (exact) mass is 277 g/mol. The smallest absolute Gasteiger partial charge is 0.251 e. The topological polar surface area (TPSA) is 45.7 Å². The van der Waals surface area contributed by atoms with Gasteiger partial charge in [0.15, 0.2) is 0 Å². The number of carbonyl (C=O) groups is 1. The van der Waals surface area contributed by atoms with Crippen molar-refractivity contribution in [3.8, 4) is 0 Å². The molecule has 2 rings (SSSR count). The Morgan fingerprint density at radius 1 is 1.25 bits per heavy atom. The van der Waals surface area contributed by atoms with E-state index < -0.39 is 0 Å². The van der Waals surface area contributed by atoms with Crippen LogP contribution < -0.4 is 0 Å². The van der Waals surface area contributed by atoms with Crippen LogP contribution in [0.25, 0.3) is 0 Å². The molecule has 0 unspecified atom stereocenters. The van der Waals surface area contributed by atoms with Crippen LogP contribution in [-0.4, -0.2) is 60.1 Å². The number of pyridine rings is 1. The summed E-state index contributed by atoms with van der Waals surface area (Å²) in [5.41, 5.74) is 1.08. The zero-order chi connectivity index (χ0) is 14.5. The summed E-state index contributed by atoms with van der Waals surface area (Å²) < 4.78 is 5.09. The number of piperazine rings is 1. The van der Waals surface area contributed by atoms with Gasteiger partial charge in [-0.25, -0.2) is 0 Å². The van der Waals surface area contributed by atoms with E-state index in [2.05, 4.69) is 22.9 Å². The van der Waals surface area contributed by atoms with Crippen molar-refractivity contribution in [1.29, 1.82) is 0 Å². The molecule has 0 aliphatic carbocycles. The number of ether oxygens (including phenoxy) is 1. The Balaban J connectivity index is 1.90. The van der Waals surface area contributed by atoms with Crippen molar-refractivity contribution in [2.24, 2.45) is 0 Å². The molecule has 0 saturated carbocycles. The van der Waals surface area contributed by atoms with Crippen molar-refractivity contribution in [3.05, 3.63) is 30.1 Å². The maximum absolute atomic E-state index is 12.0. The van der Waals surface area contributed by atoms with Crippen LogP contribution in [0.5, 0.6) is 0 Å². The molecule has 0 bridgehead atoms. The molecule has 2 atom stereocenters. The van der Waals surface area contributed by atoms with Crippen LogP contribution in [-0.2, 0) is 9.53 Å². The largest absolute Gasteiger partial charge is 0.372 e. The molecule has 2 heterocycles. The SMILES string of the molecule is CO[C@H](C)C(=O)N1CCN([C@@H](C)c2ccccn2)CC1. The van der Waals surface area contributed by atoms with Gasteiger partial charge in [0.2, 0.25) is 0 Å². The first-order valence-corrected chi connectivity index (χ1v) is 7.10. The molecule has 0 spiro atoms. The van der Waals surface area contributed by atoms with Crippen LogP contribution in [0.3, 0.4) is 0 Å². The summed E-state index contributed by atoms with van der Waals surface area (Å²) in [4.78, 5) is 20.7. The highest BCUT2D eigenvalue weighted by molar-refractivity contribution is 5.80. The third kappa shape index (κ3) is 3.35. The molecule has 1 amide bonds. The second-order valence-electron chi connectivity index (χ2n) is 5.17. The van der Waals surface area contributed by atoms with E-state index in [-0.39, 0.29) is 18.1 Å². The average Bonchev–Trinajstić information content (AvgIpc) is 2.53. The Hall–Kier alpha value is -1.46. The van der Waals surface area contributed by atoms with Crippen molar-refractivity contribution in [2.75, 3.05) is 33.3 Å². The first kappa shape index (κ1) is 14.9. The molecule has 0 radical (unpaired) electrons. The summed E-state index contributed by atoms with van der Waals surface area (Å²) in [7, 11) is 1.57. The molecule has 0 aromatic carbocycles. The normalized spacial score (nSPS) is 19.6. The molecular formula is C15H23N3O2. The maximum atomic E-state index is 12.0. The zero-order valence-corrected chi connectivity index (χ0v) is 12.5. The van der Waals surface area contributed by atoms with Crippen molar-refractivity contribution in [1.82, 2.24) is 14.8 Å². The lowest BCUT2D eigenvalue weighted by Crippen LogP contribution is -2.51. The summed E-state index contributed by atoms with van der Waals surface area (Å²) in [6.07, 6.45) is 1.47. The first-order valence-electron chi connectivity index (χ1n) is 7.10. The minimum absolute atomic E-state index is 0.0811. The Bertz CT molecular complexity index is 430. The molecule has 1 aromatic heterocycles. The van der Waals surface area contributed by atoms with Gasteiger partial charge in [-0.05, 0) is 26.0 Å². The minimum atomic E-state index is -0.352. The van der Waals surface area contributed by atoms with E-state index in [0.29, 0.717) is 0 Å². The van der Waals surface area contributed by atoms with E-state index in [1.807, 2.05) is 23.2 Å². The van der Waals surface area contributed by atoms with Gasteiger partial charge in [0.1, 0.15) is 6.10 Å². The highest BCUT2D eigenvalue weighted by Gasteiger charge is 2.27. The zero-order valence-electron chi connectivity index (χ0n) is 12.5. The van der Waals surface area contributed by atoms with Crippen molar-refractivity contribution >= 4 is 5.91 Å². The number of rotatable bonds is 4. The number of hydrogen-bond donors (Lipinski definition) is 0. The second-order valence-corrected chi connectivity index (χ2v) is 5.17. The van der Waals surface area contributed by atoms with E-state index in [9.17, 15) is 4.79 Å². The molecule has 5 heteroatoms. The minimum Gasteiger partial charge on any atom is -0.372 e. The molecular weight excluding hydrogens is 254 g/mol. The highest BCUT2D eigenvalue weighted by Crippen LogP contribution is 2.19. The number of aromatic nitrogens is 1. The maximum Gasteiger partial charge on any atom is 0.251 e. The third-order valence-corrected chi connectivity index (χ3v) is 3.99. The van der Waals surface area contributed by atoms with Gasteiger partial charge < -0.3 is 9.64 Å². The molecule has 5 nitrogen and oxygen atoms in total. The standard InChI is InChI=1S/C15H23N3O2/c1-12(14-6-4-5-7-16-14)17-8-10-18(11-9-17)15(19)13(2)20-3/h4-7,12-13H,8-11H2,1-3H3/t12-,13+/m0/s1. The first-order chi connectivity index (χ1) is 9.63. The fourth-order valence-corrected chi connectivity index (χ4v) is 2.50. The van der Waals surface area contributed by atoms with Crippen molar-refractivity contribution < 1.29 is 9.53 Å².